The van der Waals surface area contributed by atoms with Crippen LogP contribution in [0.4, 0.5) is 5.69 Å². The molecule has 7 heteroatoms. The number of carbonyl (C=O) groups is 1. The lowest BCUT2D eigenvalue weighted by atomic mass is 9.84. The molecule has 0 saturated carbocycles. The predicted molar refractivity (Wildman–Crippen MR) is 91.9 cm³/mol. The highest BCUT2D eigenvalue weighted by Crippen LogP contribution is 2.36. The third kappa shape index (κ3) is 4.53. The molecule has 7 nitrogen and oxygen atoms in total. The fraction of sp³-hybridized carbons (Fsp3) is 0.529. The van der Waals surface area contributed by atoms with Crippen molar-refractivity contribution < 1.29 is 19.9 Å². The van der Waals surface area contributed by atoms with Gasteiger partial charge in [-0.3, -0.25) is 15.1 Å². The maximum Gasteiger partial charge on any atom is 0.328 e. The van der Waals surface area contributed by atoms with Crippen molar-refractivity contribution in [1.82, 2.24) is 0 Å². The number of nitro groups is 1. The Kier molecular flexibility index (Phi) is 5.38. The van der Waals surface area contributed by atoms with E-state index < -0.39 is 27.8 Å². The maximum absolute atomic E-state index is 11.4. The Labute approximate surface area is 141 Å². The lowest BCUT2D eigenvalue weighted by molar-refractivity contribution is -0.385. The molecule has 0 amide bonds. The van der Waals surface area contributed by atoms with E-state index in [0.29, 0.717) is 5.56 Å². The Hall–Kier alpha value is -2.44. The molecule has 1 atom stereocenters. The van der Waals surface area contributed by atoms with Gasteiger partial charge in [0.1, 0.15) is 5.75 Å². The summed E-state index contributed by atoms with van der Waals surface area (Å²) in [6, 6.07) is 1.48. The number of aliphatic imine (C=N–C) groups is 1. The number of hydrogen-bond acceptors (Lipinski definition) is 5. The second-order valence-electron chi connectivity index (χ2n) is 7.82. The van der Waals surface area contributed by atoms with Crippen molar-refractivity contribution >= 4 is 17.9 Å². The highest BCUT2D eigenvalue weighted by Gasteiger charge is 2.30. The second-order valence-corrected chi connectivity index (χ2v) is 7.82. The molecule has 0 spiro atoms. The molecular weight excluding hydrogens is 312 g/mol. The Balaban J connectivity index is 3.48. The van der Waals surface area contributed by atoms with Crippen LogP contribution in [0.5, 0.6) is 5.75 Å². The number of non-ortho nitro benzene ring substituents is 1. The van der Waals surface area contributed by atoms with Gasteiger partial charge in [0.25, 0.3) is 5.69 Å². The highest BCUT2D eigenvalue weighted by atomic mass is 16.6. The first-order chi connectivity index (χ1) is 10.7. The summed E-state index contributed by atoms with van der Waals surface area (Å²) >= 11 is 0. The van der Waals surface area contributed by atoms with Crippen molar-refractivity contribution in [2.75, 3.05) is 0 Å². The molecule has 0 aliphatic rings. The van der Waals surface area contributed by atoms with E-state index in [9.17, 15) is 25.1 Å². The number of nitro benzene ring substituents is 1. The fourth-order valence-corrected chi connectivity index (χ4v) is 2.23. The number of aliphatic carboxylic acids is 1. The van der Waals surface area contributed by atoms with Crippen molar-refractivity contribution in [1.29, 1.82) is 0 Å². The van der Waals surface area contributed by atoms with Gasteiger partial charge in [0.2, 0.25) is 0 Å². The molecule has 0 saturated heterocycles. The van der Waals surface area contributed by atoms with Gasteiger partial charge in [-0.15, -0.1) is 0 Å². The molecule has 0 fully saturated rings. The number of aromatic hydroxyl groups is 1. The Morgan fingerprint density at radius 3 is 2.17 bits per heavy atom. The first-order valence-corrected chi connectivity index (χ1v) is 7.53. The van der Waals surface area contributed by atoms with E-state index in [-0.39, 0.29) is 17.0 Å². The molecule has 0 bridgehead atoms. The third-order valence-corrected chi connectivity index (χ3v) is 3.56. The zero-order valence-corrected chi connectivity index (χ0v) is 14.8. The fourth-order valence-electron chi connectivity index (χ4n) is 2.23. The molecule has 0 aliphatic heterocycles. The van der Waals surface area contributed by atoms with Crippen LogP contribution >= 0.6 is 0 Å². The average molecular weight is 336 g/mol. The molecule has 1 aromatic carbocycles. The molecule has 1 unspecified atom stereocenters. The van der Waals surface area contributed by atoms with Crippen molar-refractivity contribution in [3.8, 4) is 5.75 Å². The van der Waals surface area contributed by atoms with Crippen LogP contribution in [-0.2, 0) is 10.2 Å². The first kappa shape index (κ1) is 19.6. The van der Waals surface area contributed by atoms with Gasteiger partial charge in [0.15, 0.2) is 6.04 Å². The van der Waals surface area contributed by atoms with Gasteiger partial charge in [0.05, 0.1) is 4.92 Å². The zero-order chi connectivity index (χ0) is 18.9. The van der Waals surface area contributed by atoms with Crippen molar-refractivity contribution in [2.45, 2.75) is 53.0 Å². The summed E-state index contributed by atoms with van der Waals surface area (Å²) in [7, 11) is 0. The predicted octanol–water partition coefficient (Wildman–Crippen LogP) is 3.52. The minimum Gasteiger partial charge on any atom is -0.507 e. The van der Waals surface area contributed by atoms with Crippen LogP contribution in [0.25, 0.3) is 0 Å². The molecule has 132 valence electrons. The molecule has 24 heavy (non-hydrogen) atoms. The molecule has 0 aromatic heterocycles. The molecular formula is C17H24N2O5. The lowest BCUT2D eigenvalue weighted by Crippen LogP contribution is -2.32. The molecule has 0 heterocycles. The maximum atomic E-state index is 11.4. The molecule has 1 aromatic rings. The van der Waals surface area contributed by atoms with E-state index in [2.05, 4.69) is 4.99 Å². The Morgan fingerprint density at radius 2 is 1.79 bits per heavy atom. The van der Waals surface area contributed by atoms with E-state index in [4.69, 9.17) is 0 Å². The summed E-state index contributed by atoms with van der Waals surface area (Å²) in [5.41, 5.74) is -0.798. The van der Waals surface area contributed by atoms with Gasteiger partial charge < -0.3 is 10.2 Å². The van der Waals surface area contributed by atoms with Crippen molar-refractivity contribution in [3.63, 3.8) is 0 Å². The summed E-state index contributed by atoms with van der Waals surface area (Å²) in [6.45, 7) is 10.7. The third-order valence-electron chi connectivity index (χ3n) is 3.56. The smallest absolute Gasteiger partial charge is 0.328 e. The SMILES string of the molecule is CC(C)(C)c1cc([N+](=O)[O-])cc(C=NC(C(=O)O)C(C)(C)C)c1O. The number of rotatable bonds is 4. The van der Waals surface area contributed by atoms with Crippen molar-refractivity contribution in [2.24, 2.45) is 10.4 Å². The summed E-state index contributed by atoms with van der Waals surface area (Å²) in [5, 5.41) is 30.9. The summed E-state index contributed by atoms with van der Waals surface area (Å²) in [5.74, 6) is -1.23. The monoisotopic (exact) mass is 336 g/mol. The summed E-state index contributed by atoms with van der Waals surface area (Å²) < 4.78 is 0. The van der Waals surface area contributed by atoms with Gasteiger partial charge in [-0.05, 0) is 10.8 Å². The number of carboxylic acid groups (broad SMARTS) is 1. The van der Waals surface area contributed by atoms with Gasteiger partial charge >= 0.3 is 5.97 Å². The van der Waals surface area contributed by atoms with Crippen LogP contribution < -0.4 is 0 Å². The largest absolute Gasteiger partial charge is 0.507 e. The summed E-state index contributed by atoms with van der Waals surface area (Å²) in [6.07, 6.45) is 1.20. The van der Waals surface area contributed by atoms with Gasteiger partial charge in [0, 0.05) is 29.5 Å². The van der Waals surface area contributed by atoms with E-state index in [1.807, 2.05) is 20.8 Å². The topological polar surface area (TPSA) is 113 Å². The summed E-state index contributed by atoms with van der Waals surface area (Å²) in [4.78, 5) is 26.0. The van der Waals surface area contributed by atoms with E-state index in [1.165, 1.54) is 18.3 Å². The Bertz CT molecular complexity index is 681. The molecule has 0 radical (unpaired) electrons. The quantitative estimate of drug-likeness (QED) is 0.496. The zero-order valence-electron chi connectivity index (χ0n) is 14.8. The van der Waals surface area contributed by atoms with Crippen molar-refractivity contribution in [3.05, 3.63) is 33.4 Å². The number of nitrogens with zero attached hydrogens (tertiary/aromatic N) is 2. The number of phenols is 1. The first-order valence-electron chi connectivity index (χ1n) is 7.53. The van der Waals surface area contributed by atoms with Crippen LogP contribution in [0.3, 0.4) is 0 Å². The standard InChI is InChI=1S/C17H24N2O5/c1-16(2,3)12-8-11(19(23)24)7-10(13(12)20)9-18-14(15(21)22)17(4,5)6/h7-9,14,20H,1-6H3,(H,21,22). The van der Waals surface area contributed by atoms with Gasteiger partial charge in [-0.2, -0.15) is 0 Å². The Morgan fingerprint density at radius 1 is 1.25 bits per heavy atom. The van der Waals surface area contributed by atoms with Crippen LogP contribution in [0.2, 0.25) is 0 Å². The number of benzene rings is 1. The average Bonchev–Trinajstić information content (AvgIpc) is 2.36. The highest BCUT2D eigenvalue weighted by molar-refractivity contribution is 5.88. The number of hydrogen-bond donors (Lipinski definition) is 2. The minimum absolute atomic E-state index is 0.129. The molecule has 1 rings (SSSR count). The van der Waals surface area contributed by atoms with E-state index >= 15 is 0 Å². The minimum atomic E-state index is -1.10. The normalized spacial score (nSPS) is 13.9. The number of phenolic OH excluding ortho intramolecular Hbond substituents is 1. The second kappa shape index (κ2) is 6.59. The van der Waals surface area contributed by atoms with Gasteiger partial charge in [-0.25, -0.2) is 4.79 Å². The van der Waals surface area contributed by atoms with Gasteiger partial charge in [-0.1, -0.05) is 41.5 Å². The van der Waals surface area contributed by atoms with Crippen LogP contribution in [0, 0.1) is 15.5 Å². The van der Waals surface area contributed by atoms with E-state index in [0.717, 1.165) is 0 Å². The van der Waals surface area contributed by atoms with Crippen LogP contribution in [0.15, 0.2) is 17.1 Å². The molecule has 0 aliphatic carbocycles. The number of carboxylic acids is 1. The molecule has 2 N–H and O–H groups in total. The van der Waals surface area contributed by atoms with Crippen LogP contribution in [0.1, 0.15) is 52.7 Å². The van der Waals surface area contributed by atoms with E-state index in [1.54, 1.807) is 20.8 Å². The van der Waals surface area contributed by atoms with Crippen LogP contribution in [-0.4, -0.2) is 33.4 Å². The lowest BCUT2D eigenvalue weighted by Gasteiger charge is -2.24.